The van der Waals surface area contributed by atoms with Crippen molar-refractivity contribution in [3.63, 3.8) is 0 Å². The first-order valence-electron chi connectivity index (χ1n) is 6.74. The smallest absolute Gasteiger partial charge is 0.109 e. The van der Waals surface area contributed by atoms with E-state index >= 15 is 0 Å². The summed E-state index contributed by atoms with van der Waals surface area (Å²) in [5, 5.41) is 13.1. The first-order valence-corrected chi connectivity index (χ1v) is 6.74. The van der Waals surface area contributed by atoms with Crippen molar-refractivity contribution in [1.29, 1.82) is 0 Å². The Balaban J connectivity index is 1.58. The van der Waals surface area contributed by atoms with Crippen molar-refractivity contribution < 1.29 is 5.11 Å². The fourth-order valence-electron chi connectivity index (χ4n) is 3.42. The fourth-order valence-corrected chi connectivity index (χ4v) is 3.42. The summed E-state index contributed by atoms with van der Waals surface area (Å²) in [5.74, 6) is 1.76. The summed E-state index contributed by atoms with van der Waals surface area (Å²) in [6.07, 6.45) is 4.84. The number of hydrogen-bond acceptors (Lipinski definition) is 4. The number of aliphatic hydroxyl groups is 1. The van der Waals surface area contributed by atoms with Crippen LogP contribution in [0.4, 0.5) is 0 Å². The summed E-state index contributed by atoms with van der Waals surface area (Å²) in [5.41, 5.74) is 0.113. The fraction of sp³-hybridized carbons (Fsp3) is 0.769. The molecule has 0 aromatic carbocycles. The van der Waals surface area contributed by atoms with Crippen LogP contribution in [0.5, 0.6) is 0 Å². The Bertz CT molecular complexity index is 419. The van der Waals surface area contributed by atoms with Crippen molar-refractivity contribution in [3.05, 3.63) is 18.2 Å². The van der Waals surface area contributed by atoms with Crippen LogP contribution in [0, 0.1) is 11.3 Å². The maximum atomic E-state index is 9.66. The van der Waals surface area contributed by atoms with E-state index in [1.807, 2.05) is 19.4 Å². The van der Waals surface area contributed by atoms with Crippen LogP contribution in [0.2, 0.25) is 0 Å². The second-order valence-corrected chi connectivity index (χ2v) is 5.79. The predicted molar refractivity (Wildman–Crippen MR) is 69.2 cm³/mol. The molecule has 2 N–H and O–H groups in total. The summed E-state index contributed by atoms with van der Waals surface area (Å²) in [4.78, 5) is 6.84. The summed E-state index contributed by atoms with van der Waals surface area (Å²) in [7, 11) is 2.04. The number of likely N-dealkylation sites (tertiary alicyclic amines) is 1. The molecule has 100 valence electrons. The molecule has 1 aromatic heterocycles. The van der Waals surface area contributed by atoms with Crippen LogP contribution >= 0.6 is 0 Å². The molecule has 1 aromatic rings. The zero-order valence-electron chi connectivity index (χ0n) is 11.0. The van der Waals surface area contributed by atoms with Gasteiger partial charge in [0.05, 0.1) is 6.61 Å². The van der Waals surface area contributed by atoms with Crippen LogP contribution in [0.3, 0.4) is 0 Å². The molecule has 2 atom stereocenters. The maximum Gasteiger partial charge on any atom is 0.109 e. The molecule has 2 saturated heterocycles. The summed E-state index contributed by atoms with van der Waals surface area (Å²) in [6.45, 7) is 5.50. The first kappa shape index (κ1) is 12.1. The van der Waals surface area contributed by atoms with Gasteiger partial charge in [0.15, 0.2) is 0 Å². The van der Waals surface area contributed by atoms with Crippen molar-refractivity contribution in [2.24, 2.45) is 18.4 Å². The molecule has 0 bridgehead atoms. The molecule has 3 heterocycles. The van der Waals surface area contributed by atoms with E-state index in [0.717, 1.165) is 45.0 Å². The van der Waals surface area contributed by atoms with Gasteiger partial charge >= 0.3 is 0 Å². The second kappa shape index (κ2) is 4.64. The predicted octanol–water partition coefficient (Wildman–Crippen LogP) is -0.524. The highest BCUT2D eigenvalue weighted by molar-refractivity contribution is 5.03. The number of aryl methyl sites for hydroxylation is 1. The number of imidazole rings is 1. The molecular weight excluding hydrogens is 228 g/mol. The van der Waals surface area contributed by atoms with Gasteiger partial charge in [-0.05, 0) is 12.5 Å². The molecule has 5 nitrogen and oxygen atoms in total. The van der Waals surface area contributed by atoms with Gasteiger partial charge in [-0.2, -0.15) is 0 Å². The molecule has 0 spiro atoms. The van der Waals surface area contributed by atoms with E-state index in [0.29, 0.717) is 12.5 Å². The van der Waals surface area contributed by atoms with Crippen molar-refractivity contribution in [3.8, 4) is 0 Å². The lowest BCUT2D eigenvalue weighted by molar-refractivity contribution is 0.125. The Kier molecular flexibility index (Phi) is 3.13. The van der Waals surface area contributed by atoms with Crippen molar-refractivity contribution in [2.75, 3.05) is 39.3 Å². The lowest BCUT2D eigenvalue weighted by Crippen LogP contribution is -2.36. The minimum absolute atomic E-state index is 0.113. The molecule has 0 radical (unpaired) electrons. The van der Waals surface area contributed by atoms with Gasteiger partial charge in [0.1, 0.15) is 5.82 Å². The lowest BCUT2D eigenvalue weighted by atomic mass is 9.82. The van der Waals surface area contributed by atoms with E-state index in [4.69, 9.17) is 0 Å². The molecule has 0 amide bonds. The van der Waals surface area contributed by atoms with Crippen LogP contribution in [0.15, 0.2) is 12.4 Å². The van der Waals surface area contributed by atoms with Gasteiger partial charge in [0, 0.05) is 57.5 Å². The van der Waals surface area contributed by atoms with E-state index < -0.39 is 0 Å². The van der Waals surface area contributed by atoms with Crippen LogP contribution < -0.4 is 5.32 Å². The average molecular weight is 250 g/mol. The minimum atomic E-state index is 0.113. The third-order valence-corrected chi connectivity index (χ3v) is 4.64. The van der Waals surface area contributed by atoms with Gasteiger partial charge in [-0.15, -0.1) is 0 Å². The van der Waals surface area contributed by atoms with Crippen LogP contribution in [-0.4, -0.2) is 58.9 Å². The number of aliphatic hydroxyl groups excluding tert-OH is 1. The number of rotatable bonds is 4. The zero-order valence-corrected chi connectivity index (χ0v) is 11.0. The van der Waals surface area contributed by atoms with Crippen LogP contribution in [-0.2, 0) is 13.5 Å². The molecule has 0 saturated carbocycles. The van der Waals surface area contributed by atoms with E-state index in [2.05, 4.69) is 19.8 Å². The Morgan fingerprint density at radius 2 is 2.50 bits per heavy atom. The summed E-state index contributed by atoms with van der Waals surface area (Å²) >= 11 is 0. The highest BCUT2D eigenvalue weighted by Gasteiger charge is 2.48. The Morgan fingerprint density at radius 1 is 1.61 bits per heavy atom. The number of hydrogen-bond donors (Lipinski definition) is 2. The number of nitrogens with zero attached hydrogens (tertiary/aromatic N) is 3. The van der Waals surface area contributed by atoms with Gasteiger partial charge in [-0.25, -0.2) is 4.98 Å². The normalized spacial score (nSPS) is 32.0. The SMILES string of the molecule is Cn1ccnc1CCN1CC2CNCC2(CO)C1. The first-order chi connectivity index (χ1) is 8.73. The van der Waals surface area contributed by atoms with Gasteiger partial charge in [0.25, 0.3) is 0 Å². The van der Waals surface area contributed by atoms with Gasteiger partial charge in [0.2, 0.25) is 0 Å². The molecular formula is C13H22N4O. The van der Waals surface area contributed by atoms with Crippen molar-refractivity contribution in [2.45, 2.75) is 6.42 Å². The number of aromatic nitrogens is 2. The lowest BCUT2D eigenvalue weighted by Gasteiger charge is -2.25. The summed E-state index contributed by atoms with van der Waals surface area (Å²) < 4.78 is 2.08. The molecule has 2 unspecified atom stereocenters. The highest BCUT2D eigenvalue weighted by atomic mass is 16.3. The van der Waals surface area contributed by atoms with Gasteiger partial charge < -0.3 is 19.9 Å². The van der Waals surface area contributed by atoms with E-state index in [1.165, 1.54) is 0 Å². The van der Waals surface area contributed by atoms with E-state index in [1.54, 1.807) is 0 Å². The molecule has 2 aliphatic rings. The summed E-state index contributed by atoms with van der Waals surface area (Å²) in [6, 6.07) is 0. The van der Waals surface area contributed by atoms with Crippen molar-refractivity contribution in [1.82, 2.24) is 19.8 Å². The molecule has 2 fully saturated rings. The Hall–Kier alpha value is -0.910. The van der Waals surface area contributed by atoms with Crippen LogP contribution in [0.25, 0.3) is 0 Å². The van der Waals surface area contributed by atoms with E-state index in [9.17, 15) is 5.11 Å². The number of fused-ring (bicyclic) bond motifs is 1. The third-order valence-electron chi connectivity index (χ3n) is 4.64. The second-order valence-electron chi connectivity index (χ2n) is 5.79. The molecule has 3 rings (SSSR count). The number of nitrogens with one attached hydrogen (secondary N) is 1. The topological polar surface area (TPSA) is 53.3 Å². The molecule has 0 aliphatic carbocycles. The quantitative estimate of drug-likeness (QED) is 0.755. The monoisotopic (exact) mass is 250 g/mol. The van der Waals surface area contributed by atoms with E-state index in [-0.39, 0.29) is 5.41 Å². The largest absolute Gasteiger partial charge is 0.396 e. The van der Waals surface area contributed by atoms with Gasteiger partial charge in [-0.3, -0.25) is 0 Å². The Morgan fingerprint density at radius 3 is 3.17 bits per heavy atom. The van der Waals surface area contributed by atoms with Crippen LogP contribution in [0.1, 0.15) is 5.82 Å². The molecule has 2 aliphatic heterocycles. The van der Waals surface area contributed by atoms with Crippen molar-refractivity contribution >= 4 is 0 Å². The molecule has 5 heteroatoms. The minimum Gasteiger partial charge on any atom is -0.396 e. The molecule has 18 heavy (non-hydrogen) atoms. The Labute approximate surface area is 108 Å². The standard InChI is InChI=1S/C13H22N4O/c1-16-5-3-15-12(16)2-4-17-7-11-6-14-8-13(11,9-17)10-18/h3,5,11,14,18H,2,4,6-10H2,1H3. The highest BCUT2D eigenvalue weighted by Crippen LogP contribution is 2.38. The maximum absolute atomic E-state index is 9.66. The average Bonchev–Trinajstić information content (AvgIpc) is 3.00. The van der Waals surface area contributed by atoms with Gasteiger partial charge in [-0.1, -0.05) is 0 Å². The third kappa shape index (κ3) is 1.96. The zero-order chi connectivity index (χ0) is 12.6.